The van der Waals surface area contributed by atoms with Gasteiger partial charge in [0, 0.05) is 32.7 Å². The van der Waals surface area contributed by atoms with E-state index in [2.05, 4.69) is 44.6 Å². The minimum absolute atomic E-state index is 0.0893. The number of carbonyl (C=O) groups excluding carboxylic acids is 1. The molecule has 0 atom stereocenters. The molecule has 0 saturated carbocycles. The van der Waals surface area contributed by atoms with E-state index in [4.69, 9.17) is 4.42 Å². The minimum atomic E-state index is -0.0893. The van der Waals surface area contributed by atoms with Gasteiger partial charge in [-0.15, -0.1) is 0 Å². The SMILES string of the molecule is C/C(C=NNC(=O)CN1CCN(Cc2ccccc2)CC1)=C\c1ccco1. The van der Waals surface area contributed by atoms with Crippen molar-refractivity contribution in [3.8, 4) is 0 Å². The smallest absolute Gasteiger partial charge is 0.254 e. The molecular weight excluding hydrogens is 340 g/mol. The molecule has 1 fully saturated rings. The van der Waals surface area contributed by atoms with Crippen LogP contribution in [0.4, 0.5) is 0 Å². The van der Waals surface area contributed by atoms with Crippen molar-refractivity contribution < 1.29 is 9.21 Å². The Labute approximate surface area is 160 Å². The molecule has 2 heterocycles. The number of hydrogen-bond acceptors (Lipinski definition) is 5. The monoisotopic (exact) mass is 366 g/mol. The van der Waals surface area contributed by atoms with Crippen LogP contribution in [0.5, 0.6) is 0 Å². The van der Waals surface area contributed by atoms with Crippen LogP contribution in [-0.4, -0.2) is 54.6 Å². The molecule has 27 heavy (non-hydrogen) atoms. The third kappa shape index (κ3) is 6.51. The van der Waals surface area contributed by atoms with E-state index in [1.807, 2.05) is 31.2 Å². The quantitative estimate of drug-likeness (QED) is 0.604. The number of carbonyl (C=O) groups is 1. The van der Waals surface area contributed by atoms with Gasteiger partial charge in [0.25, 0.3) is 5.91 Å². The van der Waals surface area contributed by atoms with Gasteiger partial charge < -0.3 is 4.42 Å². The second kappa shape index (κ2) is 9.85. The Hall–Kier alpha value is -2.70. The van der Waals surface area contributed by atoms with Crippen molar-refractivity contribution in [3.63, 3.8) is 0 Å². The maximum absolute atomic E-state index is 12.1. The molecule has 0 bridgehead atoms. The van der Waals surface area contributed by atoms with Gasteiger partial charge in [-0.05, 0) is 36.3 Å². The van der Waals surface area contributed by atoms with Gasteiger partial charge in [0.1, 0.15) is 5.76 Å². The van der Waals surface area contributed by atoms with Crippen molar-refractivity contribution in [2.24, 2.45) is 5.10 Å². The van der Waals surface area contributed by atoms with Crippen LogP contribution in [0.15, 0.2) is 63.8 Å². The van der Waals surface area contributed by atoms with Crippen LogP contribution in [0.3, 0.4) is 0 Å². The molecule has 1 aliphatic rings. The first kappa shape index (κ1) is 19.1. The number of rotatable bonds is 7. The fourth-order valence-corrected chi connectivity index (χ4v) is 3.03. The summed E-state index contributed by atoms with van der Waals surface area (Å²) in [5.41, 5.74) is 4.83. The number of amides is 1. The first-order valence-corrected chi connectivity index (χ1v) is 9.21. The molecule has 2 aromatic rings. The second-order valence-electron chi connectivity index (χ2n) is 6.73. The number of benzene rings is 1. The maximum atomic E-state index is 12.1. The Morgan fingerprint density at radius 3 is 2.56 bits per heavy atom. The predicted octanol–water partition coefficient (Wildman–Crippen LogP) is 2.60. The van der Waals surface area contributed by atoms with Gasteiger partial charge in [0.2, 0.25) is 0 Å². The van der Waals surface area contributed by atoms with Gasteiger partial charge in [-0.3, -0.25) is 14.6 Å². The van der Waals surface area contributed by atoms with Crippen LogP contribution in [0.1, 0.15) is 18.2 Å². The van der Waals surface area contributed by atoms with Crippen LogP contribution >= 0.6 is 0 Å². The molecule has 1 aliphatic heterocycles. The van der Waals surface area contributed by atoms with Crippen molar-refractivity contribution in [3.05, 3.63) is 65.6 Å². The molecule has 1 aromatic heterocycles. The van der Waals surface area contributed by atoms with Gasteiger partial charge in [-0.25, -0.2) is 5.43 Å². The zero-order valence-corrected chi connectivity index (χ0v) is 15.7. The van der Waals surface area contributed by atoms with Gasteiger partial charge in [-0.2, -0.15) is 5.10 Å². The number of hydrogen-bond donors (Lipinski definition) is 1. The summed E-state index contributed by atoms with van der Waals surface area (Å²) in [6.45, 7) is 6.96. The summed E-state index contributed by atoms with van der Waals surface area (Å²) in [6.07, 6.45) is 5.11. The summed E-state index contributed by atoms with van der Waals surface area (Å²) in [4.78, 5) is 16.7. The van der Waals surface area contributed by atoms with Crippen molar-refractivity contribution in [2.75, 3.05) is 32.7 Å². The zero-order valence-electron chi connectivity index (χ0n) is 15.7. The summed E-state index contributed by atoms with van der Waals surface area (Å²) in [5.74, 6) is 0.673. The van der Waals surface area contributed by atoms with E-state index in [-0.39, 0.29) is 5.91 Å². The van der Waals surface area contributed by atoms with Gasteiger partial charge >= 0.3 is 0 Å². The van der Waals surface area contributed by atoms with Gasteiger partial charge in [0.05, 0.1) is 19.0 Å². The fraction of sp³-hybridized carbons (Fsp3) is 0.333. The highest BCUT2D eigenvalue weighted by molar-refractivity contribution is 5.86. The highest BCUT2D eigenvalue weighted by Crippen LogP contribution is 2.08. The van der Waals surface area contributed by atoms with E-state index in [1.165, 1.54) is 5.56 Å². The molecule has 0 radical (unpaired) electrons. The number of furan rings is 1. The standard InChI is InChI=1S/C21H26N4O2/c1-18(14-20-8-5-13-27-20)15-22-23-21(26)17-25-11-9-24(10-12-25)16-19-6-3-2-4-7-19/h2-8,13-15H,9-12,16-17H2,1H3,(H,23,26)/b18-14+,22-15?. The highest BCUT2D eigenvalue weighted by atomic mass is 16.3. The number of piperazine rings is 1. The average Bonchev–Trinajstić information content (AvgIpc) is 3.17. The van der Waals surface area contributed by atoms with Gasteiger partial charge in [-0.1, -0.05) is 30.3 Å². The number of nitrogens with one attached hydrogen (secondary N) is 1. The Morgan fingerprint density at radius 2 is 1.85 bits per heavy atom. The van der Waals surface area contributed by atoms with Crippen LogP contribution < -0.4 is 5.43 Å². The van der Waals surface area contributed by atoms with Crippen molar-refractivity contribution >= 4 is 18.2 Å². The molecule has 6 nitrogen and oxygen atoms in total. The number of allylic oxidation sites excluding steroid dienone is 1. The van der Waals surface area contributed by atoms with Crippen LogP contribution in [-0.2, 0) is 11.3 Å². The predicted molar refractivity (Wildman–Crippen MR) is 107 cm³/mol. The van der Waals surface area contributed by atoms with E-state index in [0.29, 0.717) is 6.54 Å². The Bertz CT molecular complexity index is 761. The highest BCUT2D eigenvalue weighted by Gasteiger charge is 2.18. The topological polar surface area (TPSA) is 61.1 Å². The largest absolute Gasteiger partial charge is 0.465 e. The molecule has 1 aromatic carbocycles. The van der Waals surface area contributed by atoms with E-state index in [1.54, 1.807) is 12.5 Å². The van der Waals surface area contributed by atoms with Crippen LogP contribution in [0, 0.1) is 0 Å². The summed E-state index contributed by atoms with van der Waals surface area (Å²) in [6, 6.07) is 14.2. The van der Waals surface area contributed by atoms with Crippen LogP contribution in [0.2, 0.25) is 0 Å². The van der Waals surface area contributed by atoms with E-state index in [0.717, 1.165) is 44.1 Å². The molecule has 1 N–H and O–H groups in total. The van der Waals surface area contributed by atoms with E-state index in [9.17, 15) is 4.79 Å². The fourth-order valence-electron chi connectivity index (χ4n) is 3.03. The maximum Gasteiger partial charge on any atom is 0.254 e. The van der Waals surface area contributed by atoms with Crippen LogP contribution in [0.25, 0.3) is 6.08 Å². The summed E-state index contributed by atoms with van der Waals surface area (Å²) >= 11 is 0. The van der Waals surface area contributed by atoms with E-state index >= 15 is 0 Å². The van der Waals surface area contributed by atoms with Crippen molar-refractivity contribution in [2.45, 2.75) is 13.5 Å². The lowest BCUT2D eigenvalue weighted by Gasteiger charge is -2.34. The van der Waals surface area contributed by atoms with Gasteiger partial charge in [0.15, 0.2) is 0 Å². The molecule has 6 heteroatoms. The Kier molecular flexibility index (Phi) is 6.96. The van der Waals surface area contributed by atoms with Crippen molar-refractivity contribution in [1.82, 2.24) is 15.2 Å². The Balaban J connectivity index is 1.36. The molecule has 0 unspecified atom stereocenters. The summed E-state index contributed by atoms with van der Waals surface area (Å²) in [7, 11) is 0. The summed E-state index contributed by atoms with van der Waals surface area (Å²) in [5, 5.41) is 4.02. The minimum Gasteiger partial charge on any atom is -0.465 e. The summed E-state index contributed by atoms with van der Waals surface area (Å²) < 4.78 is 5.24. The normalized spacial score (nSPS) is 16.7. The lowest BCUT2D eigenvalue weighted by Crippen LogP contribution is -2.48. The lowest BCUT2D eigenvalue weighted by atomic mass is 10.2. The first-order chi connectivity index (χ1) is 13.2. The first-order valence-electron chi connectivity index (χ1n) is 9.21. The van der Waals surface area contributed by atoms with Crippen molar-refractivity contribution in [1.29, 1.82) is 0 Å². The molecule has 0 spiro atoms. The molecule has 3 rings (SSSR count). The number of nitrogens with zero attached hydrogens (tertiary/aromatic N) is 3. The molecular formula is C21H26N4O2. The third-order valence-electron chi connectivity index (χ3n) is 4.45. The molecule has 0 aliphatic carbocycles. The zero-order chi connectivity index (χ0) is 18.9. The Morgan fingerprint density at radius 1 is 1.11 bits per heavy atom. The second-order valence-corrected chi connectivity index (χ2v) is 6.73. The molecule has 142 valence electrons. The lowest BCUT2D eigenvalue weighted by molar-refractivity contribution is -0.122. The third-order valence-corrected chi connectivity index (χ3v) is 4.45. The molecule has 1 amide bonds. The van der Waals surface area contributed by atoms with E-state index < -0.39 is 0 Å². The average molecular weight is 366 g/mol. The molecule has 1 saturated heterocycles. The number of hydrazone groups is 1.